The van der Waals surface area contributed by atoms with Crippen molar-refractivity contribution in [3.05, 3.63) is 28.2 Å². The number of rotatable bonds is 6. The van der Waals surface area contributed by atoms with Crippen molar-refractivity contribution in [2.75, 3.05) is 11.9 Å². The Balaban J connectivity index is 2.58. The van der Waals surface area contributed by atoms with Crippen molar-refractivity contribution >= 4 is 21.6 Å². The van der Waals surface area contributed by atoms with Gasteiger partial charge in [-0.15, -0.1) is 0 Å². The second-order valence-corrected chi connectivity index (χ2v) is 5.13. The number of alkyl halides is 3. The Bertz CT molecular complexity index is 377. The largest absolute Gasteiger partial charge is 0.416 e. The first-order chi connectivity index (χ1) is 8.43. The number of hydrogen-bond donors (Lipinski definition) is 1. The molecule has 0 heterocycles. The Morgan fingerprint density at radius 2 is 1.83 bits per heavy atom. The highest BCUT2D eigenvalue weighted by molar-refractivity contribution is 9.10. The van der Waals surface area contributed by atoms with Gasteiger partial charge in [0.2, 0.25) is 0 Å². The molecule has 1 rings (SSSR count). The van der Waals surface area contributed by atoms with Gasteiger partial charge in [-0.1, -0.05) is 42.1 Å². The molecule has 0 unspecified atom stereocenters. The number of unbranched alkanes of at least 4 members (excludes halogenated alkanes) is 3. The van der Waals surface area contributed by atoms with Gasteiger partial charge in [0.05, 0.1) is 5.56 Å². The van der Waals surface area contributed by atoms with Crippen LogP contribution in [0, 0.1) is 0 Å². The summed E-state index contributed by atoms with van der Waals surface area (Å²) in [7, 11) is 0. The fourth-order valence-electron chi connectivity index (χ4n) is 1.64. The first-order valence-electron chi connectivity index (χ1n) is 6.05. The Labute approximate surface area is 114 Å². The average molecular weight is 324 g/mol. The van der Waals surface area contributed by atoms with Crippen molar-refractivity contribution in [2.45, 2.75) is 38.8 Å². The minimum absolute atomic E-state index is 0.438. The molecule has 0 saturated carbocycles. The van der Waals surface area contributed by atoms with Gasteiger partial charge in [-0.25, -0.2) is 0 Å². The highest BCUT2D eigenvalue weighted by Gasteiger charge is 2.31. The summed E-state index contributed by atoms with van der Waals surface area (Å²) in [5.74, 6) is 0. The molecule has 18 heavy (non-hydrogen) atoms. The summed E-state index contributed by atoms with van der Waals surface area (Å²) in [4.78, 5) is 0. The lowest BCUT2D eigenvalue weighted by atomic mass is 10.2. The third-order valence-corrected chi connectivity index (χ3v) is 3.04. The summed E-state index contributed by atoms with van der Waals surface area (Å²) in [6.07, 6.45) is 0.0802. The molecule has 0 fully saturated rings. The first-order valence-corrected chi connectivity index (χ1v) is 6.84. The molecule has 0 bridgehead atoms. The molecule has 5 heteroatoms. The van der Waals surface area contributed by atoms with Gasteiger partial charge in [-0.3, -0.25) is 0 Å². The Morgan fingerprint density at radius 3 is 2.44 bits per heavy atom. The summed E-state index contributed by atoms with van der Waals surface area (Å²) in [6, 6.07) is 3.89. The number of hydrogen-bond acceptors (Lipinski definition) is 1. The van der Waals surface area contributed by atoms with Crippen LogP contribution in [0.15, 0.2) is 22.7 Å². The van der Waals surface area contributed by atoms with E-state index >= 15 is 0 Å². The monoisotopic (exact) mass is 323 g/mol. The van der Waals surface area contributed by atoms with E-state index in [1.165, 1.54) is 0 Å². The van der Waals surface area contributed by atoms with Crippen LogP contribution >= 0.6 is 15.9 Å². The first kappa shape index (κ1) is 15.3. The summed E-state index contributed by atoms with van der Waals surface area (Å²) in [5.41, 5.74) is -0.124. The van der Waals surface area contributed by atoms with Crippen molar-refractivity contribution in [2.24, 2.45) is 0 Å². The van der Waals surface area contributed by atoms with Crippen molar-refractivity contribution in [1.29, 1.82) is 0 Å². The van der Waals surface area contributed by atoms with Crippen LogP contribution in [-0.2, 0) is 6.18 Å². The van der Waals surface area contributed by atoms with Gasteiger partial charge in [0.1, 0.15) is 0 Å². The molecule has 0 aliphatic carbocycles. The molecule has 1 aromatic rings. The van der Waals surface area contributed by atoms with E-state index in [4.69, 9.17) is 0 Å². The summed E-state index contributed by atoms with van der Waals surface area (Å²) < 4.78 is 38.2. The zero-order valence-corrected chi connectivity index (χ0v) is 11.9. The lowest BCUT2D eigenvalue weighted by molar-refractivity contribution is -0.137. The topological polar surface area (TPSA) is 12.0 Å². The van der Waals surface area contributed by atoms with Gasteiger partial charge in [-0.2, -0.15) is 13.2 Å². The molecule has 1 nitrogen and oxygen atoms in total. The van der Waals surface area contributed by atoms with E-state index in [1.54, 1.807) is 6.07 Å². The van der Waals surface area contributed by atoms with Crippen molar-refractivity contribution < 1.29 is 13.2 Å². The van der Waals surface area contributed by atoms with Crippen molar-refractivity contribution in [1.82, 2.24) is 0 Å². The van der Waals surface area contributed by atoms with Crippen LogP contribution in [0.5, 0.6) is 0 Å². The average Bonchev–Trinajstić information content (AvgIpc) is 2.27. The maximum absolute atomic E-state index is 12.6. The maximum Gasteiger partial charge on any atom is 0.416 e. The molecule has 0 atom stereocenters. The maximum atomic E-state index is 12.6. The molecule has 0 aliphatic heterocycles. The van der Waals surface area contributed by atoms with E-state index in [0.29, 0.717) is 16.7 Å². The van der Waals surface area contributed by atoms with E-state index in [9.17, 15) is 13.2 Å². The third-order valence-electron chi connectivity index (χ3n) is 2.58. The zero-order chi connectivity index (χ0) is 13.6. The smallest absolute Gasteiger partial charge is 0.385 e. The van der Waals surface area contributed by atoms with E-state index in [0.717, 1.165) is 37.8 Å². The van der Waals surface area contributed by atoms with Crippen LogP contribution in [0.25, 0.3) is 0 Å². The highest BCUT2D eigenvalue weighted by Crippen LogP contribution is 2.33. The van der Waals surface area contributed by atoms with Crippen LogP contribution in [0.1, 0.15) is 38.2 Å². The summed E-state index contributed by atoms with van der Waals surface area (Å²) >= 11 is 3.10. The molecule has 0 spiro atoms. The number of halogens is 4. The van der Waals surface area contributed by atoms with Crippen molar-refractivity contribution in [3.63, 3.8) is 0 Å². The van der Waals surface area contributed by atoms with E-state index in [1.807, 2.05) is 0 Å². The minimum Gasteiger partial charge on any atom is -0.385 e. The lowest BCUT2D eigenvalue weighted by Crippen LogP contribution is -2.07. The Morgan fingerprint density at radius 1 is 1.11 bits per heavy atom. The molecule has 0 amide bonds. The summed E-state index contributed by atoms with van der Waals surface area (Å²) in [5, 5.41) is 3.03. The van der Waals surface area contributed by atoms with E-state index < -0.39 is 11.7 Å². The highest BCUT2D eigenvalue weighted by atomic mass is 79.9. The van der Waals surface area contributed by atoms with Gasteiger partial charge in [0.15, 0.2) is 0 Å². The van der Waals surface area contributed by atoms with E-state index in [-0.39, 0.29) is 0 Å². The van der Waals surface area contributed by atoms with Crippen LogP contribution in [0.3, 0.4) is 0 Å². The molecule has 0 aliphatic rings. The summed E-state index contributed by atoms with van der Waals surface area (Å²) in [6.45, 7) is 2.82. The molecular weight excluding hydrogens is 307 g/mol. The Kier molecular flexibility index (Phi) is 5.99. The van der Waals surface area contributed by atoms with Crippen LogP contribution in [0.4, 0.5) is 18.9 Å². The number of anilines is 1. The molecule has 102 valence electrons. The fraction of sp³-hybridized carbons (Fsp3) is 0.538. The van der Waals surface area contributed by atoms with Crippen LogP contribution in [-0.4, -0.2) is 6.54 Å². The molecule has 0 saturated heterocycles. The van der Waals surface area contributed by atoms with Crippen LogP contribution in [0.2, 0.25) is 0 Å². The standard InChI is InChI=1S/C13H17BrF3N/c1-2-3-4-5-6-18-12-8-10(13(15,16)17)7-11(14)9-12/h7-9,18H,2-6H2,1H3. The van der Waals surface area contributed by atoms with Gasteiger partial charge in [0.25, 0.3) is 0 Å². The normalized spacial score (nSPS) is 11.6. The van der Waals surface area contributed by atoms with Gasteiger partial charge in [-0.05, 0) is 24.6 Å². The molecule has 1 N–H and O–H groups in total. The number of benzene rings is 1. The predicted octanol–water partition coefficient (Wildman–Crippen LogP) is 5.46. The molecule has 0 radical (unpaired) electrons. The SMILES string of the molecule is CCCCCCNc1cc(Br)cc(C(F)(F)F)c1. The molecular formula is C13H17BrF3N. The molecule has 1 aromatic carbocycles. The molecule has 0 aromatic heterocycles. The van der Waals surface area contributed by atoms with Gasteiger partial charge in [0, 0.05) is 16.7 Å². The zero-order valence-electron chi connectivity index (χ0n) is 10.3. The second-order valence-electron chi connectivity index (χ2n) is 4.21. The van der Waals surface area contributed by atoms with Gasteiger partial charge >= 0.3 is 6.18 Å². The predicted molar refractivity (Wildman–Crippen MR) is 71.8 cm³/mol. The quantitative estimate of drug-likeness (QED) is 0.685. The lowest BCUT2D eigenvalue weighted by Gasteiger charge is -2.11. The van der Waals surface area contributed by atoms with Crippen LogP contribution < -0.4 is 5.32 Å². The fourth-order valence-corrected chi connectivity index (χ4v) is 2.13. The third kappa shape index (κ3) is 5.29. The minimum atomic E-state index is -4.30. The Hall–Kier alpha value is -0.710. The second kappa shape index (κ2) is 7.02. The van der Waals surface area contributed by atoms with Gasteiger partial charge < -0.3 is 5.32 Å². The van der Waals surface area contributed by atoms with Crippen molar-refractivity contribution in [3.8, 4) is 0 Å². The number of nitrogens with one attached hydrogen (secondary N) is 1. The van der Waals surface area contributed by atoms with E-state index in [2.05, 4.69) is 28.2 Å².